The molecular weight excluding hydrogens is 455 g/mol. The van der Waals surface area contributed by atoms with Crippen molar-refractivity contribution < 1.29 is 27.8 Å². The summed E-state index contributed by atoms with van der Waals surface area (Å²) in [7, 11) is 0. The Hall–Kier alpha value is -3.03. The summed E-state index contributed by atoms with van der Waals surface area (Å²) in [5, 5.41) is 9.34. The third-order valence-corrected chi connectivity index (χ3v) is 6.00. The van der Waals surface area contributed by atoms with Crippen LogP contribution in [0.5, 0.6) is 11.5 Å². The summed E-state index contributed by atoms with van der Waals surface area (Å²) in [6.07, 6.45) is -3.58. The number of benzene rings is 3. The fraction of sp³-hybridized carbons (Fsp3) is 0.240. The van der Waals surface area contributed by atoms with Crippen LogP contribution in [0.25, 0.3) is 0 Å². The lowest BCUT2D eigenvalue weighted by molar-refractivity contribution is -0.143. The summed E-state index contributed by atoms with van der Waals surface area (Å²) < 4.78 is 46.6. The second-order valence-corrected chi connectivity index (χ2v) is 8.27. The third kappa shape index (κ3) is 5.15. The van der Waals surface area contributed by atoms with Gasteiger partial charge in [-0.1, -0.05) is 48.0 Å². The maximum absolute atomic E-state index is 13.6. The molecule has 1 fully saturated rings. The maximum Gasteiger partial charge on any atom is 0.417 e. The van der Waals surface area contributed by atoms with Gasteiger partial charge in [0, 0.05) is 6.54 Å². The molecule has 0 bridgehead atoms. The summed E-state index contributed by atoms with van der Waals surface area (Å²) in [6.45, 7) is 0.440. The molecule has 0 radical (unpaired) electrons. The van der Waals surface area contributed by atoms with Gasteiger partial charge in [0.05, 0.1) is 16.6 Å². The van der Waals surface area contributed by atoms with Crippen LogP contribution in [0.2, 0.25) is 5.02 Å². The van der Waals surface area contributed by atoms with Gasteiger partial charge in [0.25, 0.3) is 0 Å². The van der Waals surface area contributed by atoms with Crippen molar-refractivity contribution in [3.63, 3.8) is 0 Å². The molecule has 4 rings (SSSR count). The van der Waals surface area contributed by atoms with Crippen LogP contribution in [0.3, 0.4) is 0 Å². The van der Waals surface area contributed by atoms with Crippen molar-refractivity contribution in [2.24, 2.45) is 0 Å². The minimum atomic E-state index is -4.63. The summed E-state index contributed by atoms with van der Waals surface area (Å²) in [5.74, 6) is 0.112. The van der Waals surface area contributed by atoms with Gasteiger partial charge in [-0.2, -0.15) is 13.2 Å². The number of carboxylic acid groups (broad SMARTS) is 1. The van der Waals surface area contributed by atoms with E-state index in [1.165, 1.54) is 12.1 Å². The molecule has 2 unspecified atom stereocenters. The molecule has 8 heteroatoms. The molecule has 1 heterocycles. The number of carboxylic acids is 1. The molecular formula is C25H21ClF3NO3. The standard InChI is InChI=1S/C25H21ClF3NO3/c26-21-12-11-17(15-20(21)25(27,28)29)23(30-13-5-10-22(30)24(31)32)16-6-4-9-19(14-16)33-18-7-2-1-3-8-18/h1-4,6-9,11-12,14-15,22-23H,5,10,13H2,(H,31,32). The lowest BCUT2D eigenvalue weighted by atomic mass is 9.94. The van der Waals surface area contributed by atoms with Crippen molar-refractivity contribution in [2.45, 2.75) is 31.1 Å². The number of hydrogen-bond donors (Lipinski definition) is 1. The molecule has 3 aromatic rings. The van der Waals surface area contributed by atoms with Gasteiger partial charge in [0.2, 0.25) is 0 Å². The van der Waals surface area contributed by atoms with E-state index in [9.17, 15) is 23.1 Å². The van der Waals surface area contributed by atoms with Crippen LogP contribution in [-0.2, 0) is 11.0 Å². The van der Waals surface area contributed by atoms with Crippen molar-refractivity contribution in [3.05, 3.63) is 94.5 Å². The zero-order valence-corrected chi connectivity index (χ0v) is 18.2. The minimum Gasteiger partial charge on any atom is -0.480 e. The number of nitrogens with zero attached hydrogens (tertiary/aromatic N) is 1. The topological polar surface area (TPSA) is 49.8 Å². The van der Waals surface area contributed by atoms with Gasteiger partial charge in [-0.05, 0) is 60.4 Å². The quantitative estimate of drug-likeness (QED) is 0.426. The van der Waals surface area contributed by atoms with E-state index in [0.29, 0.717) is 42.0 Å². The molecule has 1 N–H and O–H groups in total. The van der Waals surface area contributed by atoms with Crippen LogP contribution in [0.1, 0.15) is 35.6 Å². The molecule has 33 heavy (non-hydrogen) atoms. The lowest BCUT2D eigenvalue weighted by Gasteiger charge is -2.32. The molecule has 1 aliphatic heterocycles. The second-order valence-electron chi connectivity index (χ2n) is 7.86. The molecule has 0 amide bonds. The van der Waals surface area contributed by atoms with Crippen molar-refractivity contribution in [3.8, 4) is 11.5 Å². The molecule has 172 valence electrons. The van der Waals surface area contributed by atoms with E-state index >= 15 is 0 Å². The molecule has 2 atom stereocenters. The van der Waals surface area contributed by atoms with E-state index in [4.69, 9.17) is 16.3 Å². The van der Waals surface area contributed by atoms with Crippen LogP contribution in [0, 0.1) is 0 Å². The number of aliphatic carboxylic acids is 1. The first kappa shape index (κ1) is 23.1. The molecule has 0 aliphatic carbocycles. The highest BCUT2D eigenvalue weighted by molar-refractivity contribution is 6.31. The van der Waals surface area contributed by atoms with E-state index in [2.05, 4.69) is 0 Å². The van der Waals surface area contributed by atoms with E-state index in [1.54, 1.807) is 41.3 Å². The van der Waals surface area contributed by atoms with Crippen molar-refractivity contribution in [1.29, 1.82) is 0 Å². The molecule has 1 saturated heterocycles. The summed E-state index contributed by atoms with van der Waals surface area (Å²) in [4.78, 5) is 13.6. The SMILES string of the molecule is O=C(O)C1CCCN1C(c1cccc(Oc2ccccc2)c1)c1ccc(Cl)c(C(F)(F)F)c1. The van der Waals surface area contributed by atoms with E-state index in [1.807, 2.05) is 18.2 Å². The fourth-order valence-electron chi connectivity index (χ4n) is 4.24. The molecule has 0 spiro atoms. The number of carbonyl (C=O) groups is 1. The first-order valence-corrected chi connectivity index (χ1v) is 10.8. The van der Waals surface area contributed by atoms with Gasteiger partial charge in [0.1, 0.15) is 17.5 Å². The monoisotopic (exact) mass is 475 g/mol. The van der Waals surface area contributed by atoms with E-state index in [-0.39, 0.29) is 0 Å². The number of para-hydroxylation sites is 1. The van der Waals surface area contributed by atoms with Gasteiger partial charge in [-0.25, -0.2) is 0 Å². The van der Waals surface area contributed by atoms with Crippen LogP contribution >= 0.6 is 11.6 Å². The van der Waals surface area contributed by atoms with Crippen molar-refractivity contribution in [1.82, 2.24) is 4.90 Å². The largest absolute Gasteiger partial charge is 0.480 e. The van der Waals surface area contributed by atoms with Gasteiger partial charge in [-0.15, -0.1) is 0 Å². The summed E-state index contributed by atoms with van der Waals surface area (Å²) >= 11 is 5.84. The highest BCUT2D eigenvalue weighted by Gasteiger charge is 2.39. The second kappa shape index (κ2) is 9.45. The van der Waals surface area contributed by atoms with E-state index < -0.39 is 34.8 Å². The van der Waals surface area contributed by atoms with Crippen LogP contribution < -0.4 is 4.74 Å². The average molecular weight is 476 g/mol. The minimum absolute atomic E-state index is 0.316. The van der Waals surface area contributed by atoms with Crippen LogP contribution in [0.4, 0.5) is 13.2 Å². The molecule has 0 aromatic heterocycles. The highest BCUT2D eigenvalue weighted by atomic mass is 35.5. The Morgan fingerprint density at radius 3 is 2.39 bits per heavy atom. The maximum atomic E-state index is 13.6. The number of ether oxygens (including phenoxy) is 1. The average Bonchev–Trinajstić information content (AvgIpc) is 3.25. The van der Waals surface area contributed by atoms with Gasteiger partial charge < -0.3 is 9.84 Å². The smallest absolute Gasteiger partial charge is 0.417 e. The Balaban J connectivity index is 1.79. The molecule has 3 aromatic carbocycles. The molecule has 4 nitrogen and oxygen atoms in total. The highest BCUT2D eigenvalue weighted by Crippen LogP contribution is 2.41. The number of likely N-dealkylation sites (tertiary alicyclic amines) is 1. The van der Waals surface area contributed by atoms with Crippen molar-refractivity contribution in [2.75, 3.05) is 6.54 Å². The van der Waals surface area contributed by atoms with Gasteiger partial charge in [0.15, 0.2) is 0 Å². The zero-order chi connectivity index (χ0) is 23.6. The summed E-state index contributed by atoms with van der Waals surface area (Å²) in [5.41, 5.74) is -0.00167. The predicted octanol–water partition coefficient (Wildman–Crippen LogP) is 6.79. The van der Waals surface area contributed by atoms with Crippen molar-refractivity contribution >= 4 is 17.6 Å². The fourth-order valence-corrected chi connectivity index (χ4v) is 4.47. The first-order valence-electron chi connectivity index (χ1n) is 10.4. The van der Waals surface area contributed by atoms with Gasteiger partial charge in [-0.3, -0.25) is 9.69 Å². The zero-order valence-electron chi connectivity index (χ0n) is 17.4. The first-order chi connectivity index (χ1) is 15.7. The lowest BCUT2D eigenvalue weighted by Crippen LogP contribution is -2.39. The Kier molecular flexibility index (Phi) is 6.63. The Morgan fingerprint density at radius 1 is 1.00 bits per heavy atom. The summed E-state index contributed by atoms with van der Waals surface area (Å²) in [6, 6.07) is 18.3. The number of alkyl halides is 3. The predicted molar refractivity (Wildman–Crippen MR) is 119 cm³/mol. The molecule has 0 saturated carbocycles. The Labute approximate surface area is 194 Å². The number of halogens is 4. The number of rotatable bonds is 6. The van der Waals surface area contributed by atoms with Gasteiger partial charge >= 0.3 is 12.1 Å². The van der Waals surface area contributed by atoms with Crippen LogP contribution in [-0.4, -0.2) is 28.6 Å². The third-order valence-electron chi connectivity index (χ3n) is 5.68. The number of hydrogen-bond acceptors (Lipinski definition) is 3. The Morgan fingerprint density at radius 2 is 1.70 bits per heavy atom. The van der Waals surface area contributed by atoms with E-state index in [0.717, 1.165) is 6.07 Å². The van der Waals surface area contributed by atoms with Crippen LogP contribution in [0.15, 0.2) is 72.8 Å². The Bertz CT molecular complexity index is 1140. The molecule has 1 aliphatic rings. The normalized spacial score (nSPS) is 17.6.